The van der Waals surface area contributed by atoms with Gasteiger partial charge in [-0.15, -0.1) is 9.94 Å². The summed E-state index contributed by atoms with van der Waals surface area (Å²) in [7, 11) is 0. The van der Waals surface area contributed by atoms with Gasteiger partial charge in [0.05, 0.1) is 17.5 Å². The standard InChI is InChI=1S/C29H36N4O2/c1-22-26(21-33(35)30-22)28(34)31-19-15-29(2,16-20-31)32-17-13-25(14-18-32)27(23-9-5-3-6-10-23)24-11-7-4-8-12-24/h3-12,21,25,27,35H,13-20H2,1-2H3. The molecule has 2 aliphatic rings. The highest BCUT2D eigenvalue weighted by Gasteiger charge is 2.40. The molecule has 2 aliphatic heterocycles. The minimum absolute atomic E-state index is 0.0304. The van der Waals surface area contributed by atoms with E-state index in [1.54, 1.807) is 6.92 Å². The Bertz CT molecular complexity index is 1090. The fourth-order valence-corrected chi connectivity index (χ4v) is 6.16. The number of aryl methyl sites for hydroxylation is 1. The topological polar surface area (TPSA) is 61.6 Å². The van der Waals surface area contributed by atoms with E-state index in [0.717, 1.165) is 43.9 Å². The quantitative estimate of drug-likeness (QED) is 0.533. The first-order chi connectivity index (χ1) is 16.9. The minimum atomic E-state index is -0.0304. The van der Waals surface area contributed by atoms with Crippen LogP contribution in [0.15, 0.2) is 66.9 Å². The maximum Gasteiger partial charge on any atom is 0.257 e. The summed E-state index contributed by atoms with van der Waals surface area (Å²) in [5.74, 6) is 1.03. The highest BCUT2D eigenvalue weighted by atomic mass is 16.5. The molecule has 1 aromatic heterocycles. The van der Waals surface area contributed by atoms with Gasteiger partial charge in [0, 0.05) is 24.5 Å². The van der Waals surface area contributed by atoms with Crippen LogP contribution >= 0.6 is 0 Å². The molecule has 2 saturated heterocycles. The second-order valence-corrected chi connectivity index (χ2v) is 10.5. The van der Waals surface area contributed by atoms with Gasteiger partial charge in [-0.2, -0.15) is 0 Å². The molecule has 3 heterocycles. The molecule has 35 heavy (non-hydrogen) atoms. The number of piperidine rings is 2. The van der Waals surface area contributed by atoms with E-state index < -0.39 is 0 Å². The summed E-state index contributed by atoms with van der Waals surface area (Å²) in [5.41, 5.74) is 4.00. The number of amides is 1. The van der Waals surface area contributed by atoms with Crippen molar-refractivity contribution in [1.82, 2.24) is 19.7 Å². The molecule has 2 aromatic carbocycles. The Morgan fingerprint density at radius 2 is 1.49 bits per heavy atom. The molecular weight excluding hydrogens is 436 g/mol. The number of hydrogen-bond donors (Lipinski definition) is 1. The Labute approximate surface area is 208 Å². The van der Waals surface area contributed by atoms with Gasteiger partial charge in [0.1, 0.15) is 0 Å². The van der Waals surface area contributed by atoms with Gasteiger partial charge in [-0.25, -0.2) is 0 Å². The van der Waals surface area contributed by atoms with Crippen LogP contribution in [0.4, 0.5) is 0 Å². The van der Waals surface area contributed by atoms with Gasteiger partial charge < -0.3 is 10.1 Å². The van der Waals surface area contributed by atoms with E-state index in [-0.39, 0.29) is 11.4 Å². The fourth-order valence-electron chi connectivity index (χ4n) is 6.16. The molecule has 2 fully saturated rings. The van der Waals surface area contributed by atoms with Gasteiger partial charge >= 0.3 is 0 Å². The summed E-state index contributed by atoms with van der Waals surface area (Å²) in [6.07, 6.45) is 5.71. The predicted molar refractivity (Wildman–Crippen MR) is 137 cm³/mol. The fraction of sp³-hybridized carbons (Fsp3) is 0.448. The minimum Gasteiger partial charge on any atom is -0.412 e. The number of hydrogen-bond acceptors (Lipinski definition) is 4. The zero-order chi connectivity index (χ0) is 24.4. The second kappa shape index (κ2) is 9.86. The van der Waals surface area contributed by atoms with Gasteiger partial charge in [-0.05, 0) is 69.7 Å². The molecule has 0 aliphatic carbocycles. The van der Waals surface area contributed by atoms with Crippen molar-refractivity contribution in [3.63, 3.8) is 0 Å². The number of carbonyl (C=O) groups excluding carboxylic acids is 1. The average molecular weight is 473 g/mol. The lowest BCUT2D eigenvalue weighted by Gasteiger charge is -2.50. The second-order valence-electron chi connectivity index (χ2n) is 10.5. The van der Waals surface area contributed by atoms with Crippen molar-refractivity contribution in [2.45, 2.75) is 51.0 Å². The predicted octanol–water partition coefficient (Wildman–Crippen LogP) is 4.97. The van der Waals surface area contributed by atoms with Crippen LogP contribution in [0.5, 0.6) is 0 Å². The SMILES string of the molecule is Cc1nn(O)cc1C(=O)N1CCC(C)(N2CCC(C(c3ccccc3)c3ccccc3)CC2)CC1. The molecule has 3 aromatic rings. The van der Waals surface area contributed by atoms with Gasteiger partial charge in [0.25, 0.3) is 5.91 Å². The van der Waals surface area contributed by atoms with E-state index >= 15 is 0 Å². The Morgan fingerprint density at radius 1 is 0.943 bits per heavy atom. The molecular formula is C29H36N4O2. The summed E-state index contributed by atoms with van der Waals surface area (Å²) in [4.78, 5) is 18.3. The summed E-state index contributed by atoms with van der Waals surface area (Å²) >= 11 is 0. The van der Waals surface area contributed by atoms with Crippen molar-refractivity contribution < 1.29 is 10.0 Å². The molecule has 184 valence electrons. The van der Waals surface area contributed by atoms with Crippen molar-refractivity contribution in [1.29, 1.82) is 0 Å². The molecule has 0 unspecified atom stereocenters. The molecule has 5 rings (SSSR count). The Kier molecular flexibility index (Phi) is 6.65. The van der Waals surface area contributed by atoms with Gasteiger partial charge in [0.15, 0.2) is 0 Å². The average Bonchev–Trinajstić information content (AvgIpc) is 3.23. The van der Waals surface area contributed by atoms with E-state index in [0.29, 0.717) is 23.1 Å². The molecule has 0 spiro atoms. The van der Waals surface area contributed by atoms with Crippen LogP contribution in [0.25, 0.3) is 0 Å². The zero-order valence-corrected chi connectivity index (χ0v) is 20.8. The van der Waals surface area contributed by atoms with Crippen molar-refractivity contribution in [3.8, 4) is 0 Å². The lowest BCUT2D eigenvalue weighted by molar-refractivity contribution is 0.0100. The Balaban J connectivity index is 1.23. The van der Waals surface area contributed by atoms with Crippen LogP contribution in [0.2, 0.25) is 0 Å². The number of carbonyl (C=O) groups is 1. The van der Waals surface area contributed by atoms with E-state index in [1.807, 2.05) is 4.90 Å². The van der Waals surface area contributed by atoms with Gasteiger partial charge in [-0.1, -0.05) is 60.7 Å². The van der Waals surface area contributed by atoms with E-state index in [1.165, 1.54) is 30.2 Å². The third kappa shape index (κ3) is 4.85. The maximum absolute atomic E-state index is 13.0. The van der Waals surface area contributed by atoms with Crippen LogP contribution in [-0.2, 0) is 0 Å². The van der Waals surface area contributed by atoms with Gasteiger partial charge in [0.2, 0.25) is 0 Å². The highest BCUT2D eigenvalue weighted by Crippen LogP contribution is 2.40. The smallest absolute Gasteiger partial charge is 0.257 e. The van der Waals surface area contributed by atoms with Gasteiger partial charge in [-0.3, -0.25) is 9.69 Å². The number of rotatable bonds is 5. The third-order valence-electron chi connectivity index (χ3n) is 8.34. The Hall–Kier alpha value is -3.12. The summed E-state index contributed by atoms with van der Waals surface area (Å²) in [5, 5.41) is 13.5. The molecule has 6 heteroatoms. The number of likely N-dealkylation sites (tertiary alicyclic amines) is 2. The summed E-state index contributed by atoms with van der Waals surface area (Å²) < 4.78 is 0. The van der Waals surface area contributed by atoms with E-state index in [4.69, 9.17) is 0 Å². The molecule has 0 radical (unpaired) electrons. The first-order valence-corrected chi connectivity index (χ1v) is 12.8. The van der Waals surface area contributed by atoms with Crippen molar-refractivity contribution in [3.05, 3.63) is 89.2 Å². The first kappa shape index (κ1) is 23.6. The summed E-state index contributed by atoms with van der Waals surface area (Å²) in [6, 6.07) is 21.9. The molecule has 6 nitrogen and oxygen atoms in total. The maximum atomic E-state index is 13.0. The lowest BCUT2D eigenvalue weighted by atomic mass is 9.75. The molecule has 1 N–H and O–H groups in total. The van der Waals surface area contributed by atoms with Crippen LogP contribution in [-0.4, -0.2) is 62.6 Å². The zero-order valence-electron chi connectivity index (χ0n) is 20.8. The van der Waals surface area contributed by atoms with E-state index in [2.05, 4.69) is 77.6 Å². The number of nitrogens with zero attached hydrogens (tertiary/aromatic N) is 4. The van der Waals surface area contributed by atoms with Crippen LogP contribution in [0, 0.1) is 12.8 Å². The van der Waals surface area contributed by atoms with Crippen molar-refractivity contribution >= 4 is 5.91 Å². The first-order valence-electron chi connectivity index (χ1n) is 12.8. The number of benzene rings is 2. The van der Waals surface area contributed by atoms with E-state index in [9.17, 15) is 10.0 Å². The van der Waals surface area contributed by atoms with Crippen molar-refractivity contribution in [2.24, 2.45) is 5.92 Å². The number of aromatic nitrogens is 2. The van der Waals surface area contributed by atoms with Crippen LogP contribution in [0.3, 0.4) is 0 Å². The molecule has 0 saturated carbocycles. The molecule has 1 amide bonds. The third-order valence-corrected chi connectivity index (χ3v) is 8.34. The van der Waals surface area contributed by atoms with Crippen molar-refractivity contribution in [2.75, 3.05) is 26.2 Å². The lowest BCUT2D eigenvalue weighted by Crippen LogP contribution is -2.56. The summed E-state index contributed by atoms with van der Waals surface area (Å²) in [6.45, 7) is 7.81. The van der Waals surface area contributed by atoms with Crippen LogP contribution in [0.1, 0.15) is 65.7 Å². The Morgan fingerprint density at radius 3 is 1.97 bits per heavy atom. The molecule has 0 bridgehead atoms. The highest BCUT2D eigenvalue weighted by molar-refractivity contribution is 5.95. The normalized spacial score (nSPS) is 19.2. The van der Waals surface area contributed by atoms with Crippen LogP contribution < -0.4 is 0 Å². The molecule has 0 atom stereocenters. The monoisotopic (exact) mass is 472 g/mol. The largest absolute Gasteiger partial charge is 0.412 e.